The molecule has 1 amide bonds. The van der Waals surface area contributed by atoms with Crippen LogP contribution in [0.25, 0.3) is 6.08 Å². The molecule has 0 saturated heterocycles. The molecular formula is C11H11BrFNO. The van der Waals surface area contributed by atoms with Gasteiger partial charge < -0.3 is 5.32 Å². The molecule has 0 radical (unpaired) electrons. The number of carbonyl (C=O) groups excluding carboxylic acids is 1. The van der Waals surface area contributed by atoms with E-state index in [-0.39, 0.29) is 11.7 Å². The second-order valence-corrected chi connectivity index (χ2v) is 3.87. The number of hydrogen-bond donors (Lipinski definition) is 1. The molecule has 0 spiro atoms. The fraction of sp³-hybridized carbons (Fsp3) is 0.182. The van der Waals surface area contributed by atoms with Crippen molar-refractivity contribution >= 4 is 27.9 Å². The van der Waals surface area contributed by atoms with E-state index in [1.165, 1.54) is 13.0 Å². The minimum atomic E-state index is -0.283. The molecule has 0 unspecified atom stereocenters. The molecule has 1 aromatic carbocycles. The van der Waals surface area contributed by atoms with Crippen molar-refractivity contribution in [1.82, 2.24) is 5.32 Å². The van der Waals surface area contributed by atoms with Gasteiger partial charge in [0.25, 0.3) is 0 Å². The molecule has 1 N–H and O–H groups in total. The lowest BCUT2D eigenvalue weighted by atomic mass is 10.2. The van der Waals surface area contributed by atoms with Crippen LogP contribution in [0.3, 0.4) is 0 Å². The standard InChI is InChI=1S/C11H11BrFNO/c1-8(15)14-6-2-3-9-4-5-11(13)10(12)7-9/h2-5,7H,6H2,1H3,(H,14,15). The predicted octanol–water partition coefficient (Wildman–Crippen LogP) is 2.74. The lowest BCUT2D eigenvalue weighted by molar-refractivity contribution is -0.118. The summed E-state index contributed by atoms with van der Waals surface area (Å²) in [6.45, 7) is 1.94. The maximum absolute atomic E-state index is 12.9. The van der Waals surface area contributed by atoms with Crippen LogP contribution in [0.15, 0.2) is 28.7 Å². The molecule has 0 aromatic heterocycles. The topological polar surface area (TPSA) is 29.1 Å². The first-order valence-electron chi connectivity index (χ1n) is 4.45. The smallest absolute Gasteiger partial charge is 0.217 e. The van der Waals surface area contributed by atoms with Gasteiger partial charge in [-0.3, -0.25) is 4.79 Å². The van der Waals surface area contributed by atoms with Crippen LogP contribution >= 0.6 is 15.9 Å². The third-order valence-electron chi connectivity index (χ3n) is 1.72. The molecule has 0 aliphatic heterocycles. The minimum absolute atomic E-state index is 0.0695. The zero-order valence-corrected chi connectivity index (χ0v) is 9.84. The summed E-state index contributed by atoms with van der Waals surface area (Å²) in [5.74, 6) is -0.353. The van der Waals surface area contributed by atoms with Crippen molar-refractivity contribution in [3.8, 4) is 0 Å². The van der Waals surface area contributed by atoms with Gasteiger partial charge in [-0.25, -0.2) is 4.39 Å². The zero-order chi connectivity index (χ0) is 11.3. The van der Waals surface area contributed by atoms with Crippen LogP contribution in [0.2, 0.25) is 0 Å². The van der Waals surface area contributed by atoms with Crippen LogP contribution < -0.4 is 5.32 Å². The molecule has 0 fully saturated rings. The van der Waals surface area contributed by atoms with Gasteiger partial charge in [-0.15, -0.1) is 0 Å². The second kappa shape index (κ2) is 5.66. The monoisotopic (exact) mass is 271 g/mol. The zero-order valence-electron chi connectivity index (χ0n) is 8.26. The Balaban J connectivity index is 2.57. The third-order valence-corrected chi connectivity index (χ3v) is 2.33. The van der Waals surface area contributed by atoms with E-state index >= 15 is 0 Å². The highest BCUT2D eigenvalue weighted by Gasteiger charge is 1.97. The van der Waals surface area contributed by atoms with E-state index in [9.17, 15) is 9.18 Å². The van der Waals surface area contributed by atoms with Crippen LogP contribution in [0.5, 0.6) is 0 Å². The van der Waals surface area contributed by atoms with Gasteiger partial charge in [0.2, 0.25) is 5.91 Å². The third kappa shape index (κ3) is 4.25. The average molecular weight is 272 g/mol. The summed E-state index contributed by atoms with van der Waals surface area (Å²) in [6.07, 6.45) is 3.63. The van der Waals surface area contributed by atoms with Crippen LogP contribution in [0, 0.1) is 5.82 Å². The molecule has 0 heterocycles. The Morgan fingerprint density at radius 2 is 2.33 bits per heavy atom. The van der Waals surface area contributed by atoms with E-state index in [0.29, 0.717) is 11.0 Å². The lowest BCUT2D eigenvalue weighted by Crippen LogP contribution is -2.19. The van der Waals surface area contributed by atoms with Crippen LogP contribution in [-0.4, -0.2) is 12.5 Å². The lowest BCUT2D eigenvalue weighted by Gasteiger charge is -1.97. The maximum Gasteiger partial charge on any atom is 0.217 e. The van der Waals surface area contributed by atoms with E-state index < -0.39 is 0 Å². The van der Waals surface area contributed by atoms with E-state index in [4.69, 9.17) is 0 Å². The molecule has 15 heavy (non-hydrogen) atoms. The van der Waals surface area contributed by atoms with Crippen molar-refractivity contribution in [3.05, 3.63) is 40.1 Å². The van der Waals surface area contributed by atoms with Gasteiger partial charge in [0.1, 0.15) is 5.82 Å². The van der Waals surface area contributed by atoms with Crippen LogP contribution in [0.1, 0.15) is 12.5 Å². The number of carbonyl (C=O) groups is 1. The summed E-state index contributed by atoms with van der Waals surface area (Å²) in [5.41, 5.74) is 0.883. The molecule has 4 heteroatoms. The highest BCUT2D eigenvalue weighted by atomic mass is 79.9. The van der Waals surface area contributed by atoms with Gasteiger partial charge in [0.05, 0.1) is 4.47 Å². The van der Waals surface area contributed by atoms with E-state index in [0.717, 1.165) is 5.56 Å². The highest BCUT2D eigenvalue weighted by Crippen LogP contribution is 2.17. The first kappa shape index (κ1) is 11.9. The Kier molecular flexibility index (Phi) is 4.49. The number of benzene rings is 1. The summed E-state index contributed by atoms with van der Waals surface area (Å²) in [7, 11) is 0. The van der Waals surface area contributed by atoms with Crippen molar-refractivity contribution in [3.63, 3.8) is 0 Å². The van der Waals surface area contributed by atoms with Crippen LogP contribution in [0.4, 0.5) is 4.39 Å². The Morgan fingerprint density at radius 1 is 1.60 bits per heavy atom. The van der Waals surface area contributed by atoms with E-state index in [1.807, 2.05) is 6.08 Å². The van der Waals surface area contributed by atoms with E-state index in [2.05, 4.69) is 21.2 Å². The fourth-order valence-electron chi connectivity index (χ4n) is 1.01. The van der Waals surface area contributed by atoms with Crippen molar-refractivity contribution in [2.75, 3.05) is 6.54 Å². The Bertz CT molecular complexity index is 390. The van der Waals surface area contributed by atoms with Crippen molar-refractivity contribution in [1.29, 1.82) is 0 Å². The van der Waals surface area contributed by atoms with Crippen LogP contribution in [-0.2, 0) is 4.79 Å². The molecule has 1 rings (SSSR count). The summed E-state index contributed by atoms with van der Waals surface area (Å²) in [5, 5.41) is 2.63. The minimum Gasteiger partial charge on any atom is -0.353 e. The number of rotatable bonds is 3. The Hall–Kier alpha value is -1.16. The molecule has 0 atom stereocenters. The number of hydrogen-bond acceptors (Lipinski definition) is 1. The SMILES string of the molecule is CC(=O)NCC=Cc1ccc(F)c(Br)c1. The van der Waals surface area contributed by atoms with Gasteiger partial charge in [0.15, 0.2) is 0 Å². The summed E-state index contributed by atoms with van der Waals surface area (Å²) < 4.78 is 13.3. The first-order chi connectivity index (χ1) is 7.09. The van der Waals surface area contributed by atoms with E-state index in [1.54, 1.807) is 18.2 Å². The molecule has 0 saturated carbocycles. The number of nitrogens with one attached hydrogen (secondary N) is 1. The van der Waals surface area contributed by atoms with Crippen molar-refractivity contribution in [2.45, 2.75) is 6.92 Å². The molecule has 80 valence electrons. The summed E-state index contributed by atoms with van der Waals surface area (Å²) in [6, 6.07) is 4.74. The van der Waals surface area contributed by atoms with Gasteiger partial charge in [-0.05, 0) is 33.6 Å². The Labute approximate surface area is 96.3 Å². The van der Waals surface area contributed by atoms with Crippen molar-refractivity contribution in [2.24, 2.45) is 0 Å². The molecule has 2 nitrogen and oxygen atoms in total. The number of amides is 1. The largest absolute Gasteiger partial charge is 0.353 e. The first-order valence-corrected chi connectivity index (χ1v) is 5.25. The Morgan fingerprint density at radius 3 is 2.93 bits per heavy atom. The second-order valence-electron chi connectivity index (χ2n) is 3.01. The average Bonchev–Trinajstić information content (AvgIpc) is 2.18. The van der Waals surface area contributed by atoms with Gasteiger partial charge in [0, 0.05) is 13.5 Å². The molecule has 0 aliphatic carbocycles. The molecule has 0 aliphatic rings. The van der Waals surface area contributed by atoms with Gasteiger partial charge in [-0.1, -0.05) is 18.2 Å². The molecule has 1 aromatic rings. The van der Waals surface area contributed by atoms with Crippen molar-refractivity contribution < 1.29 is 9.18 Å². The normalized spacial score (nSPS) is 10.6. The molecular weight excluding hydrogens is 261 g/mol. The number of halogens is 2. The summed E-state index contributed by atoms with van der Waals surface area (Å²) in [4.78, 5) is 10.6. The quantitative estimate of drug-likeness (QED) is 0.900. The van der Waals surface area contributed by atoms with Gasteiger partial charge >= 0.3 is 0 Å². The maximum atomic E-state index is 12.9. The fourth-order valence-corrected chi connectivity index (χ4v) is 1.41. The van der Waals surface area contributed by atoms with Gasteiger partial charge in [-0.2, -0.15) is 0 Å². The summed E-state index contributed by atoms with van der Waals surface area (Å²) >= 11 is 3.10. The highest BCUT2D eigenvalue weighted by molar-refractivity contribution is 9.10. The predicted molar refractivity (Wildman–Crippen MR) is 61.8 cm³/mol. The molecule has 0 bridgehead atoms.